The summed E-state index contributed by atoms with van der Waals surface area (Å²) in [4.78, 5) is 27.3. The third-order valence-electron chi connectivity index (χ3n) is 2.82. The molecule has 4 nitrogen and oxygen atoms in total. The molecule has 1 heterocycles. The number of pyridine rings is 1. The Bertz CT molecular complexity index is 643. The van der Waals surface area contributed by atoms with Gasteiger partial charge in [0.1, 0.15) is 5.56 Å². The number of hydrogen-bond donors (Lipinski definition) is 1. The Balaban J connectivity index is 2.74. The number of fused-ring (bicyclic) bond motifs is 1. The second-order valence-corrected chi connectivity index (χ2v) is 3.93. The van der Waals surface area contributed by atoms with Crippen LogP contribution in [-0.4, -0.2) is 17.6 Å². The lowest BCUT2D eigenvalue weighted by Crippen LogP contribution is -2.21. The Morgan fingerprint density at radius 2 is 2.00 bits per heavy atom. The number of carbonyl (C=O) groups is 1. The second-order valence-electron chi connectivity index (χ2n) is 3.93. The van der Waals surface area contributed by atoms with Gasteiger partial charge in [-0.1, -0.05) is 19.1 Å². The lowest BCUT2D eigenvalue weighted by atomic mass is 10.1. The number of benzene rings is 1. The van der Waals surface area contributed by atoms with Crippen LogP contribution in [-0.2, 0) is 11.2 Å². The number of rotatable bonds is 3. The average molecular weight is 245 g/mol. The van der Waals surface area contributed by atoms with E-state index in [-0.39, 0.29) is 17.6 Å². The topological polar surface area (TPSA) is 59.2 Å². The molecule has 0 unspecified atom stereocenters. The van der Waals surface area contributed by atoms with E-state index in [0.717, 1.165) is 5.52 Å². The van der Waals surface area contributed by atoms with Crippen LogP contribution in [0.5, 0.6) is 0 Å². The average Bonchev–Trinajstić information content (AvgIpc) is 2.38. The van der Waals surface area contributed by atoms with Gasteiger partial charge in [-0.15, -0.1) is 0 Å². The van der Waals surface area contributed by atoms with Crippen LogP contribution in [0.3, 0.4) is 0 Å². The number of carbonyl (C=O) groups excluding carboxylic acids is 1. The van der Waals surface area contributed by atoms with Crippen molar-refractivity contribution in [3.05, 3.63) is 45.7 Å². The molecule has 1 N–H and O–H groups in total. The number of para-hydroxylation sites is 1. The van der Waals surface area contributed by atoms with Crippen molar-refractivity contribution in [1.82, 2.24) is 4.98 Å². The van der Waals surface area contributed by atoms with Crippen molar-refractivity contribution >= 4 is 16.9 Å². The van der Waals surface area contributed by atoms with Crippen molar-refractivity contribution in [3.8, 4) is 0 Å². The summed E-state index contributed by atoms with van der Waals surface area (Å²) in [7, 11) is 0. The number of esters is 1. The number of H-pyrrole nitrogens is 1. The normalized spacial score (nSPS) is 10.6. The fourth-order valence-corrected chi connectivity index (χ4v) is 1.97. The maximum atomic E-state index is 12.3. The van der Waals surface area contributed by atoms with Gasteiger partial charge in [0.25, 0.3) is 0 Å². The molecule has 4 heteroatoms. The predicted molar refractivity (Wildman–Crippen MR) is 69.9 cm³/mol. The molecule has 1 aromatic heterocycles. The van der Waals surface area contributed by atoms with Crippen LogP contribution in [0, 0.1) is 0 Å². The quantitative estimate of drug-likeness (QED) is 0.844. The van der Waals surface area contributed by atoms with Gasteiger partial charge < -0.3 is 9.72 Å². The summed E-state index contributed by atoms with van der Waals surface area (Å²) in [6, 6.07) is 7.15. The first-order valence-electron chi connectivity index (χ1n) is 6.00. The summed E-state index contributed by atoms with van der Waals surface area (Å²) in [5, 5.41) is 0.512. The van der Waals surface area contributed by atoms with Gasteiger partial charge in [0.2, 0.25) is 5.43 Å². The molecule has 2 rings (SSSR count). The van der Waals surface area contributed by atoms with Crippen molar-refractivity contribution < 1.29 is 9.53 Å². The van der Waals surface area contributed by atoms with Crippen molar-refractivity contribution in [1.29, 1.82) is 0 Å². The zero-order chi connectivity index (χ0) is 13.1. The standard InChI is InChI=1S/C14H15NO3/c1-3-10-12(14(17)18-4-2)13(16)9-7-5-6-8-11(9)15-10/h5-8H,3-4H2,1-2H3,(H,15,16). The van der Waals surface area contributed by atoms with Gasteiger partial charge in [-0.3, -0.25) is 4.79 Å². The molecular weight excluding hydrogens is 230 g/mol. The van der Waals surface area contributed by atoms with Gasteiger partial charge in [0.15, 0.2) is 0 Å². The number of aryl methyl sites for hydroxylation is 1. The molecule has 18 heavy (non-hydrogen) atoms. The predicted octanol–water partition coefficient (Wildman–Crippen LogP) is 2.27. The molecule has 0 atom stereocenters. The van der Waals surface area contributed by atoms with E-state index >= 15 is 0 Å². The molecule has 0 saturated carbocycles. The number of ether oxygens (including phenoxy) is 1. The number of aromatic amines is 1. The summed E-state index contributed by atoms with van der Waals surface area (Å²) >= 11 is 0. The fraction of sp³-hybridized carbons (Fsp3) is 0.286. The van der Waals surface area contributed by atoms with Crippen LogP contribution in [0.1, 0.15) is 29.9 Å². The van der Waals surface area contributed by atoms with Crippen molar-refractivity contribution in [2.75, 3.05) is 6.61 Å². The summed E-state index contributed by atoms with van der Waals surface area (Å²) < 4.78 is 4.94. The highest BCUT2D eigenvalue weighted by molar-refractivity contribution is 5.95. The molecular formula is C14H15NO3. The Labute approximate surface area is 105 Å². The van der Waals surface area contributed by atoms with Gasteiger partial charge in [-0.25, -0.2) is 4.79 Å². The van der Waals surface area contributed by atoms with E-state index in [2.05, 4.69) is 4.98 Å². The second kappa shape index (κ2) is 5.04. The SMILES string of the molecule is CCOC(=O)c1c(CC)[nH]c2ccccc2c1=O. The lowest BCUT2D eigenvalue weighted by molar-refractivity contribution is 0.0523. The number of aromatic nitrogens is 1. The van der Waals surface area contributed by atoms with Crippen molar-refractivity contribution in [2.24, 2.45) is 0 Å². The molecule has 0 aliphatic rings. The first-order valence-corrected chi connectivity index (χ1v) is 6.00. The Hall–Kier alpha value is -2.10. The van der Waals surface area contributed by atoms with Gasteiger partial charge in [-0.05, 0) is 25.5 Å². The maximum absolute atomic E-state index is 12.3. The van der Waals surface area contributed by atoms with Crippen LogP contribution >= 0.6 is 0 Å². The molecule has 0 bridgehead atoms. The van der Waals surface area contributed by atoms with Crippen LogP contribution < -0.4 is 5.43 Å². The maximum Gasteiger partial charge on any atom is 0.343 e. The monoisotopic (exact) mass is 245 g/mol. The zero-order valence-corrected chi connectivity index (χ0v) is 10.4. The summed E-state index contributed by atoms with van der Waals surface area (Å²) in [5.74, 6) is -0.554. The molecule has 0 fully saturated rings. The van der Waals surface area contributed by atoms with Gasteiger partial charge in [-0.2, -0.15) is 0 Å². The molecule has 94 valence electrons. The Morgan fingerprint density at radius 1 is 1.28 bits per heavy atom. The third kappa shape index (κ3) is 2.01. The van der Waals surface area contributed by atoms with Crippen LogP contribution in [0.4, 0.5) is 0 Å². The molecule has 2 aromatic rings. The summed E-state index contributed by atoms with van der Waals surface area (Å²) in [6.45, 7) is 3.87. The molecule has 0 radical (unpaired) electrons. The van der Waals surface area contributed by atoms with E-state index in [4.69, 9.17) is 4.74 Å². The van der Waals surface area contributed by atoms with Crippen molar-refractivity contribution in [3.63, 3.8) is 0 Å². The highest BCUT2D eigenvalue weighted by atomic mass is 16.5. The minimum absolute atomic E-state index is 0.123. The highest BCUT2D eigenvalue weighted by Gasteiger charge is 2.18. The number of nitrogens with one attached hydrogen (secondary N) is 1. The van der Waals surface area contributed by atoms with Crippen LogP contribution in [0.25, 0.3) is 10.9 Å². The van der Waals surface area contributed by atoms with Crippen molar-refractivity contribution in [2.45, 2.75) is 20.3 Å². The molecule has 0 spiro atoms. The van der Waals surface area contributed by atoms with E-state index in [9.17, 15) is 9.59 Å². The molecule has 0 aliphatic carbocycles. The molecule has 0 aliphatic heterocycles. The number of hydrogen-bond acceptors (Lipinski definition) is 3. The highest BCUT2D eigenvalue weighted by Crippen LogP contribution is 2.12. The molecule has 0 amide bonds. The lowest BCUT2D eigenvalue weighted by Gasteiger charge is -2.08. The van der Waals surface area contributed by atoms with E-state index in [1.54, 1.807) is 19.1 Å². The van der Waals surface area contributed by atoms with Crippen LogP contribution in [0.2, 0.25) is 0 Å². The summed E-state index contributed by atoms with van der Waals surface area (Å²) in [6.07, 6.45) is 0.578. The van der Waals surface area contributed by atoms with Crippen LogP contribution in [0.15, 0.2) is 29.1 Å². The Kier molecular flexibility index (Phi) is 3.46. The first kappa shape index (κ1) is 12.4. The third-order valence-corrected chi connectivity index (χ3v) is 2.82. The smallest absolute Gasteiger partial charge is 0.343 e. The molecule has 0 saturated heterocycles. The molecule has 1 aromatic carbocycles. The van der Waals surface area contributed by atoms with E-state index in [1.807, 2.05) is 19.1 Å². The van der Waals surface area contributed by atoms with E-state index in [0.29, 0.717) is 17.5 Å². The first-order chi connectivity index (χ1) is 8.69. The minimum Gasteiger partial charge on any atom is -0.462 e. The minimum atomic E-state index is -0.554. The Morgan fingerprint density at radius 3 is 2.67 bits per heavy atom. The van der Waals surface area contributed by atoms with Gasteiger partial charge in [0, 0.05) is 16.6 Å². The van der Waals surface area contributed by atoms with E-state index in [1.165, 1.54) is 0 Å². The van der Waals surface area contributed by atoms with E-state index < -0.39 is 5.97 Å². The largest absolute Gasteiger partial charge is 0.462 e. The zero-order valence-electron chi connectivity index (χ0n) is 10.4. The fourth-order valence-electron chi connectivity index (χ4n) is 1.97. The van der Waals surface area contributed by atoms with Gasteiger partial charge in [0.05, 0.1) is 6.61 Å². The van der Waals surface area contributed by atoms with Gasteiger partial charge >= 0.3 is 5.97 Å². The summed E-state index contributed by atoms with van der Waals surface area (Å²) in [5.41, 5.74) is 1.22.